The highest BCUT2D eigenvalue weighted by molar-refractivity contribution is 5.73. The van der Waals surface area contributed by atoms with Crippen LogP contribution in [0, 0.1) is 11.3 Å². The fraction of sp³-hybridized carbons (Fsp3) is 0.346. The summed E-state index contributed by atoms with van der Waals surface area (Å²) in [7, 11) is 0. The molecule has 0 aromatic heterocycles. The molecular formula is C26H32N4. The lowest BCUT2D eigenvalue weighted by Gasteiger charge is -2.36. The second kappa shape index (κ2) is 9.65. The van der Waals surface area contributed by atoms with Crippen LogP contribution >= 0.6 is 0 Å². The zero-order valence-corrected chi connectivity index (χ0v) is 18.2. The number of aryl methyl sites for hydroxylation is 2. The van der Waals surface area contributed by atoms with Gasteiger partial charge in [0.15, 0.2) is 0 Å². The third kappa shape index (κ3) is 4.42. The average Bonchev–Trinajstić information content (AvgIpc) is 2.82. The number of rotatable bonds is 7. The molecule has 0 unspecified atom stereocenters. The topological polar surface area (TPSA) is 65.1 Å². The molecule has 0 aliphatic carbocycles. The lowest BCUT2D eigenvalue weighted by atomic mass is 9.87. The first-order valence-corrected chi connectivity index (χ1v) is 10.8. The smallest absolute Gasteiger partial charge is 0.0991 e. The van der Waals surface area contributed by atoms with Crippen molar-refractivity contribution in [2.75, 3.05) is 13.1 Å². The third-order valence-electron chi connectivity index (χ3n) is 6.29. The van der Waals surface area contributed by atoms with Crippen LogP contribution in [0.15, 0.2) is 49.6 Å². The van der Waals surface area contributed by atoms with E-state index >= 15 is 0 Å². The van der Waals surface area contributed by atoms with Gasteiger partial charge < -0.3 is 10.3 Å². The molecule has 3 rings (SSSR count). The van der Waals surface area contributed by atoms with Crippen LogP contribution in [0.1, 0.15) is 66.0 Å². The van der Waals surface area contributed by atoms with Gasteiger partial charge >= 0.3 is 0 Å². The summed E-state index contributed by atoms with van der Waals surface area (Å²) >= 11 is 0. The Hall–Kier alpha value is -3.03. The molecule has 1 fully saturated rings. The Bertz CT molecular complexity index is 958. The van der Waals surface area contributed by atoms with Crippen LogP contribution < -0.4 is 11.3 Å². The second-order valence-electron chi connectivity index (χ2n) is 7.94. The molecule has 0 amide bonds. The normalized spacial score (nSPS) is 14.3. The molecule has 2 aromatic carbocycles. The lowest BCUT2D eigenvalue weighted by Crippen LogP contribution is -2.31. The van der Waals surface area contributed by atoms with Crippen LogP contribution in [0.3, 0.4) is 0 Å². The molecule has 0 bridgehead atoms. The first kappa shape index (κ1) is 21.7. The maximum atomic E-state index is 9.01. The number of nitriles is 1. The van der Waals surface area contributed by atoms with E-state index in [4.69, 9.17) is 11.1 Å². The van der Waals surface area contributed by atoms with Crippen LogP contribution in [0.25, 0.3) is 11.4 Å². The van der Waals surface area contributed by atoms with Gasteiger partial charge in [-0.2, -0.15) is 5.26 Å². The van der Waals surface area contributed by atoms with Gasteiger partial charge in [-0.15, -0.1) is 0 Å². The summed E-state index contributed by atoms with van der Waals surface area (Å²) in [6, 6.07) is 14.7. The first-order valence-electron chi connectivity index (χ1n) is 10.8. The van der Waals surface area contributed by atoms with E-state index in [1.807, 2.05) is 12.1 Å². The Labute approximate surface area is 180 Å². The summed E-state index contributed by atoms with van der Waals surface area (Å²) in [5.41, 5.74) is 11.4. The lowest BCUT2D eigenvalue weighted by molar-refractivity contribution is 0.299. The van der Waals surface area contributed by atoms with E-state index < -0.39 is 0 Å². The molecule has 4 heteroatoms. The Morgan fingerprint density at radius 2 is 1.67 bits per heavy atom. The molecule has 0 spiro atoms. The molecule has 1 saturated heterocycles. The molecule has 156 valence electrons. The molecule has 30 heavy (non-hydrogen) atoms. The van der Waals surface area contributed by atoms with Gasteiger partial charge in [0, 0.05) is 35.6 Å². The van der Waals surface area contributed by atoms with Crippen molar-refractivity contribution in [2.24, 2.45) is 5.84 Å². The van der Waals surface area contributed by atoms with E-state index in [-0.39, 0.29) is 0 Å². The zero-order valence-electron chi connectivity index (χ0n) is 18.2. The van der Waals surface area contributed by atoms with Gasteiger partial charge in [0.1, 0.15) is 0 Å². The standard InChI is InChI=1S/C26H32N4/c1-5-21-15-22(6-2)26(16-25(21)18(3)29-28)19(4)30-13-11-24(12-14-30)23-9-7-20(17-27)8-10-23/h7-10,15-16,24,29H,3-6,11-14,28H2,1-2H3. The monoisotopic (exact) mass is 400 g/mol. The van der Waals surface area contributed by atoms with Gasteiger partial charge in [0.25, 0.3) is 0 Å². The summed E-state index contributed by atoms with van der Waals surface area (Å²) in [5, 5.41) is 9.01. The molecule has 0 saturated carbocycles. The minimum atomic E-state index is 0.534. The molecule has 0 atom stereocenters. The van der Waals surface area contributed by atoms with Gasteiger partial charge in [0.2, 0.25) is 0 Å². The van der Waals surface area contributed by atoms with Crippen LogP contribution in [0.5, 0.6) is 0 Å². The number of likely N-dealkylation sites (tertiary alicyclic amines) is 1. The van der Waals surface area contributed by atoms with Crippen LogP contribution in [-0.4, -0.2) is 18.0 Å². The predicted molar refractivity (Wildman–Crippen MR) is 125 cm³/mol. The van der Waals surface area contributed by atoms with Crippen LogP contribution in [0.4, 0.5) is 0 Å². The number of hydrogen-bond donors (Lipinski definition) is 2. The van der Waals surface area contributed by atoms with Crippen molar-refractivity contribution in [1.29, 1.82) is 5.26 Å². The van der Waals surface area contributed by atoms with Crippen LogP contribution in [0.2, 0.25) is 0 Å². The minimum Gasteiger partial charge on any atom is -0.371 e. The maximum absolute atomic E-state index is 9.01. The van der Waals surface area contributed by atoms with Gasteiger partial charge in [-0.25, -0.2) is 0 Å². The Morgan fingerprint density at radius 3 is 2.20 bits per heavy atom. The van der Waals surface area contributed by atoms with Gasteiger partial charge in [-0.1, -0.05) is 45.2 Å². The van der Waals surface area contributed by atoms with Crippen molar-refractivity contribution >= 4 is 11.4 Å². The van der Waals surface area contributed by atoms with E-state index in [0.717, 1.165) is 61.3 Å². The first-order chi connectivity index (χ1) is 14.5. The average molecular weight is 401 g/mol. The number of hydrogen-bond acceptors (Lipinski definition) is 4. The van der Waals surface area contributed by atoms with Crippen molar-refractivity contribution in [3.63, 3.8) is 0 Å². The number of benzene rings is 2. The molecular weight excluding hydrogens is 368 g/mol. The summed E-state index contributed by atoms with van der Waals surface area (Å²) in [4.78, 5) is 2.41. The predicted octanol–water partition coefficient (Wildman–Crippen LogP) is 4.97. The van der Waals surface area contributed by atoms with Gasteiger partial charge in [0.05, 0.1) is 11.6 Å². The molecule has 1 heterocycles. The highest BCUT2D eigenvalue weighted by Crippen LogP contribution is 2.34. The number of piperidine rings is 1. The maximum Gasteiger partial charge on any atom is 0.0991 e. The van der Waals surface area contributed by atoms with Crippen LogP contribution in [-0.2, 0) is 12.8 Å². The fourth-order valence-corrected chi connectivity index (χ4v) is 4.39. The quantitative estimate of drug-likeness (QED) is 0.509. The number of nitrogens with zero attached hydrogens (tertiary/aromatic N) is 2. The number of nitrogens with one attached hydrogen (secondary N) is 1. The summed E-state index contributed by atoms with van der Waals surface area (Å²) in [6.45, 7) is 14.9. The van der Waals surface area contributed by atoms with E-state index in [0.29, 0.717) is 5.92 Å². The molecule has 0 radical (unpaired) electrons. The second-order valence-corrected chi connectivity index (χ2v) is 7.94. The van der Waals surface area contributed by atoms with E-state index in [1.165, 1.54) is 22.3 Å². The molecule has 4 nitrogen and oxygen atoms in total. The van der Waals surface area contributed by atoms with E-state index in [2.05, 4.69) is 67.7 Å². The van der Waals surface area contributed by atoms with Gasteiger partial charge in [-0.3, -0.25) is 5.84 Å². The number of hydrazine groups is 1. The largest absolute Gasteiger partial charge is 0.371 e. The van der Waals surface area contributed by atoms with Crippen molar-refractivity contribution in [3.05, 3.63) is 82.9 Å². The van der Waals surface area contributed by atoms with Crippen molar-refractivity contribution in [3.8, 4) is 6.07 Å². The van der Waals surface area contributed by atoms with Gasteiger partial charge in [-0.05, 0) is 66.5 Å². The van der Waals surface area contributed by atoms with E-state index in [9.17, 15) is 0 Å². The SMILES string of the molecule is C=C(NN)c1cc(C(=C)N2CCC(c3ccc(C#N)cc3)CC2)c(CC)cc1CC. The minimum absolute atomic E-state index is 0.534. The Kier molecular flexibility index (Phi) is 6.97. The molecule has 3 N–H and O–H groups in total. The van der Waals surface area contributed by atoms with Crippen molar-refractivity contribution < 1.29 is 0 Å². The Morgan fingerprint density at radius 1 is 1.07 bits per heavy atom. The molecule has 1 aliphatic rings. The highest BCUT2D eigenvalue weighted by atomic mass is 15.2. The Balaban J connectivity index is 1.78. The summed E-state index contributed by atoms with van der Waals surface area (Å²) in [6.07, 6.45) is 4.07. The summed E-state index contributed by atoms with van der Waals surface area (Å²) in [5.74, 6) is 6.19. The zero-order chi connectivity index (χ0) is 21.7. The molecule has 2 aromatic rings. The number of nitrogens with two attached hydrogens (primary N) is 1. The van der Waals surface area contributed by atoms with Crippen molar-refractivity contribution in [1.82, 2.24) is 10.3 Å². The fourth-order valence-electron chi connectivity index (χ4n) is 4.39. The third-order valence-corrected chi connectivity index (χ3v) is 6.29. The molecule has 1 aliphatic heterocycles. The van der Waals surface area contributed by atoms with E-state index in [1.54, 1.807) is 0 Å². The highest BCUT2D eigenvalue weighted by Gasteiger charge is 2.23. The summed E-state index contributed by atoms with van der Waals surface area (Å²) < 4.78 is 0. The van der Waals surface area contributed by atoms with Crippen molar-refractivity contribution in [2.45, 2.75) is 45.4 Å².